The Labute approximate surface area is 251 Å². The second kappa shape index (κ2) is 13.1. The number of carbonyl (C=O) groups excluding carboxylic acids is 3. The number of fused-ring (bicyclic) bond motifs is 1. The third-order valence-electron chi connectivity index (χ3n) is 7.97. The fourth-order valence-electron chi connectivity index (χ4n) is 5.93. The van der Waals surface area contributed by atoms with E-state index >= 15 is 0 Å². The van der Waals surface area contributed by atoms with Crippen molar-refractivity contribution in [3.8, 4) is 17.2 Å². The number of rotatable bonds is 9. The lowest BCUT2D eigenvalue weighted by Gasteiger charge is -2.44. The Balaban J connectivity index is 1.72. The largest absolute Gasteiger partial charge is 0.502 e. The predicted molar refractivity (Wildman–Crippen MR) is 142 cm³/mol. The zero-order chi connectivity index (χ0) is 32.5. The van der Waals surface area contributed by atoms with Gasteiger partial charge in [0.05, 0.1) is 51.3 Å². The Hall–Kier alpha value is -3.67. The maximum Gasteiger partial charge on any atom is 0.338 e. The fourth-order valence-corrected chi connectivity index (χ4v) is 5.93. The number of phenols is 1. The summed E-state index contributed by atoms with van der Waals surface area (Å²) in [5.41, 5.74) is -1.67. The number of benzene rings is 1. The van der Waals surface area contributed by atoms with E-state index in [1.54, 1.807) is 0 Å². The number of aromatic hydroxyl groups is 1. The molecule has 1 aliphatic carbocycles. The Bertz CT molecular complexity index is 1250. The number of phenolic OH excluding ortho intramolecular Hbond substituents is 1. The molecule has 244 valence electrons. The van der Waals surface area contributed by atoms with Crippen molar-refractivity contribution in [2.45, 2.75) is 69.0 Å². The average Bonchev–Trinajstić information content (AvgIpc) is 3.27. The van der Waals surface area contributed by atoms with Crippen LogP contribution in [0.25, 0.3) is 0 Å². The van der Waals surface area contributed by atoms with Crippen molar-refractivity contribution >= 4 is 17.9 Å². The summed E-state index contributed by atoms with van der Waals surface area (Å²) in [6.45, 7) is 1.95. The highest BCUT2D eigenvalue weighted by Gasteiger charge is 2.63. The third-order valence-corrected chi connectivity index (χ3v) is 7.97. The standard InChI is InChI=1S/C28H36O16/c1-11(30)44-28(2)8-16(41-24(35)12-6-14(37-3)20(31)15(7-12)38-4)18-13(25(36)39-5)10-40-26(19(18)28)43-27-23(34)22(33)21(32)17(9-29)42-27/h6-7,10,16-19,21-23,26-27,29,31-34H,8-9H2,1-5H3/t16-,17-,18+,19?,21-,22+,23-,26+,27+,28+/m1/s1. The summed E-state index contributed by atoms with van der Waals surface area (Å²) >= 11 is 0. The number of hydrogen-bond donors (Lipinski definition) is 5. The van der Waals surface area contributed by atoms with Gasteiger partial charge in [0.15, 0.2) is 17.8 Å². The Morgan fingerprint density at radius 2 is 1.61 bits per heavy atom. The molecule has 0 spiro atoms. The number of esters is 3. The van der Waals surface area contributed by atoms with Crippen LogP contribution < -0.4 is 9.47 Å². The van der Waals surface area contributed by atoms with Crippen molar-refractivity contribution in [1.29, 1.82) is 0 Å². The minimum Gasteiger partial charge on any atom is -0.502 e. The first-order chi connectivity index (χ1) is 20.8. The van der Waals surface area contributed by atoms with Crippen LogP contribution in [0.5, 0.6) is 17.2 Å². The Morgan fingerprint density at radius 3 is 2.16 bits per heavy atom. The quantitative estimate of drug-likeness (QED) is 0.165. The van der Waals surface area contributed by atoms with Crippen LogP contribution in [0.2, 0.25) is 0 Å². The van der Waals surface area contributed by atoms with Gasteiger partial charge in [-0.3, -0.25) is 4.79 Å². The van der Waals surface area contributed by atoms with Gasteiger partial charge in [0, 0.05) is 19.3 Å². The van der Waals surface area contributed by atoms with Crippen LogP contribution >= 0.6 is 0 Å². The third kappa shape index (κ3) is 6.13. The first kappa shape index (κ1) is 33.2. The minimum atomic E-state index is -1.80. The van der Waals surface area contributed by atoms with E-state index < -0.39 is 85.1 Å². The van der Waals surface area contributed by atoms with Gasteiger partial charge in [-0.15, -0.1) is 0 Å². The van der Waals surface area contributed by atoms with E-state index in [4.69, 9.17) is 37.9 Å². The molecule has 1 aromatic carbocycles. The van der Waals surface area contributed by atoms with Crippen molar-refractivity contribution in [3.63, 3.8) is 0 Å². The fraction of sp³-hybridized carbons (Fsp3) is 0.607. The zero-order valence-electron chi connectivity index (χ0n) is 24.6. The van der Waals surface area contributed by atoms with E-state index in [-0.39, 0.29) is 34.8 Å². The molecule has 5 N–H and O–H groups in total. The van der Waals surface area contributed by atoms with Crippen molar-refractivity contribution in [2.24, 2.45) is 11.8 Å². The lowest BCUT2D eigenvalue weighted by molar-refractivity contribution is -0.346. The molecule has 2 heterocycles. The van der Waals surface area contributed by atoms with E-state index in [9.17, 15) is 39.9 Å². The van der Waals surface area contributed by atoms with Gasteiger partial charge in [-0.2, -0.15) is 0 Å². The maximum atomic E-state index is 13.4. The SMILES string of the molecule is COC(=O)C1=CO[C@@H](O[C@@H]2O[C@H](CO)[C@@H](O)[C@H](O)[C@H]2O)C2[C@@H]1[C@H](OC(=O)c1cc(OC)c(O)c(OC)c1)C[C@]2(C)OC(C)=O. The lowest BCUT2D eigenvalue weighted by Crippen LogP contribution is -2.61. The maximum absolute atomic E-state index is 13.4. The molecule has 1 saturated carbocycles. The topological polar surface area (TPSA) is 226 Å². The number of aliphatic hydroxyl groups excluding tert-OH is 4. The van der Waals surface area contributed by atoms with Gasteiger partial charge in [-0.1, -0.05) is 0 Å². The van der Waals surface area contributed by atoms with Gasteiger partial charge in [0.2, 0.25) is 12.0 Å². The van der Waals surface area contributed by atoms with E-state index in [1.165, 1.54) is 33.3 Å². The van der Waals surface area contributed by atoms with Crippen LogP contribution in [0, 0.1) is 11.8 Å². The van der Waals surface area contributed by atoms with Crippen LogP contribution in [0.1, 0.15) is 30.6 Å². The van der Waals surface area contributed by atoms with Crippen LogP contribution in [0.15, 0.2) is 24.0 Å². The highest BCUT2D eigenvalue weighted by Crippen LogP contribution is 2.53. The van der Waals surface area contributed by atoms with Gasteiger partial charge in [0.1, 0.15) is 36.1 Å². The predicted octanol–water partition coefficient (Wildman–Crippen LogP) is -0.878. The van der Waals surface area contributed by atoms with E-state index in [0.29, 0.717) is 0 Å². The molecular formula is C28H36O16. The first-order valence-electron chi connectivity index (χ1n) is 13.6. The van der Waals surface area contributed by atoms with Gasteiger partial charge in [-0.25, -0.2) is 9.59 Å². The molecule has 4 rings (SSSR count). The summed E-state index contributed by atoms with van der Waals surface area (Å²) in [5.74, 6) is -5.11. The van der Waals surface area contributed by atoms with Crippen LogP contribution in [-0.2, 0) is 38.0 Å². The Morgan fingerprint density at radius 1 is 0.977 bits per heavy atom. The molecule has 3 aliphatic rings. The molecule has 2 aliphatic heterocycles. The number of aliphatic hydroxyl groups is 4. The average molecular weight is 629 g/mol. The van der Waals surface area contributed by atoms with Gasteiger partial charge in [0.25, 0.3) is 0 Å². The van der Waals surface area contributed by atoms with E-state index in [1.807, 2.05) is 0 Å². The highest BCUT2D eigenvalue weighted by atomic mass is 16.8. The summed E-state index contributed by atoms with van der Waals surface area (Å²) in [7, 11) is 3.69. The van der Waals surface area contributed by atoms with Gasteiger partial charge >= 0.3 is 17.9 Å². The molecule has 1 saturated heterocycles. The second-order valence-electron chi connectivity index (χ2n) is 10.7. The number of ether oxygens (including phenoxy) is 8. The Kier molecular flexibility index (Phi) is 9.92. The molecule has 0 amide bonds. The van der Waals surface area contributed by atoms with Gasteiger partial charge < -0.3 is 63.4 Å². The monoisotopic (exact) mass is 628 g/mol. The van der Waals surface area contributed by atoms with Crippen LogP contribution in [-0.4, -0.2) is 120 Å². The lowest BCUT2D eigenvalue weighted by atomic mass is 9.80. The molecule has 1 aromatic rings. The molecule has 10 atom stereocenters. The van der Waals surface area contributed by atoms with Crippen LogP contribution in [0.4, 0.5) is 0 Å². The van der Waals surface area contributed by atoms with E-state index in [2.05, 4.69) is 0 Å². The van der Waals surface area contributed by atoms with Gasteiger partial charge in [-0.05, 0) is 19.1 Å². The first-order valence-corrected chi connectivity index (χ1v) is 13.6. The summed E-state index contributed by atoms with van der Waals surface area (Å²) in [5, 5.41) is 50.8. The summed E-state index contributed by atoms with van der Waals surface area (Å²) in [4.78, 5) is 38.6. The number of methoxy groups -OCH3 is 3. The molecule has 44 heavy (non-hydrogen) atoms. The van der Waals surface area contributed by atoms with Crippen molar-refractivity contribution < 1.29 is 77.8 Å². The van der Waals surface area contributed by atoms with Crippen molar-refractivity contribution in [3.05, 3.63) is 29.5 Å². The van der Waals surface area contributed by atoms with Crippen LogP contribution in [0.3, 0.4) is 0 Å². The molecule has 16 heteroatoms. The summed E-state index contributed by atoms with van der Waals surface area (Å²) < 4.78 is 43.8. The normalized spacial score (nSPS) is 34.6. The molecule has 1 unspecified atom stereocenters. The number of carbonyl (C=O) groups is 3. The smallest absolute Gasteiger partial charge is 0.338 e. The zero-order valence-corrected chi connectivity index (χ0v) is 24.6. The number of hydrogen-bond acceptors (Lipinski definition) is 16. The molecule has 0 radical (unpaired) electrons. The molecule has 0 aromatic heterocycles. The summed E-state index contributed by atoms with van der Waals surface area (Å²) in [6.07, 6.45) is -9.90. The van der Waals surface area contributed by atoms with E-state index in [0.717, 1.165) is 20.3 Å². The molecule has 2 fully saturated rings. The highest BCUT2D eigenvalue weighted by molar-refractivity contribution is 5.92. The summed E-state index contributed by atoms with van der Waals surface area (Å²) in [6, 6.07) is 2.45. The van der Waals surface area contributed by atoms with Crippen molar-refractivity contribution in [1.82, 2.24) is 0 Å². The minimum absolute atomic E-state index is 0.0699. The molecule has 16 nitrogen and oxygen atoms in total. The second-order valence-corrected chi connectivity index (χ2v) is 10.7. The molecule has 0 bridgehead atoms. The molecular weight excluding hydrogens is 592 g/mol. The van der Waals surface area contributed by atoms with Crippen molar-refractivity contribution in [2.75, 3.05) is 27.9 Å².